The molecule has 0 saturated carbocycles. The Labute approximate surface area is 73.8 Å². The Morgan fingerprint density at radius 1 is 1.78 bits per heavy atom. The summed E-state index contributed by atoms with van der Waals surface area (Å²) in [6.45, 7) is 0. The summed E-state index contributed by atoms with van der Waals surface area (Å²) < 4.78 is 37.5. The minimum atomic E-state index is -4.69. The number of halogens is 4. The molecule has 0 saturated heterocycles. The van der Waals surface area contributed by atoms with Crippen LogP contribution in [0.3, 0.4) is 0 Å². The molecule has 9 heavy (non-hydrogen) atoms. The third kappa shape index (κ3) is 2.83. The molecule has 0 amide bonds. The van der Waals surface area contributed by atoms with Gasteiger partial charge in [-0.25, -0.2) is 0 Å². The van der Waals surface area contributed by atoms with Crippen molar-refractivity contribution in [3.8, 4) is 0 Å². The summed E-state index contributed by atoms with van der Waals surface area (Å²) in [6, 6.07) is 0. The van der Waals surface area contributed by atoms with Gasteiger partial charge in [-0.1, -0.05) is 0 Å². The molecule has 0 heterocycles. The average Bonchev–Trinajstić information content (AvgIpc) is 1.64. The minimum absolute atomic E-state index is 1.74. The number of hydrogen-bond donors (Lipinski definition) is 1. The van der Waals surface area contributed by atoms with Crippen LogP contribution in [0.2, 0.25) is 0 Å². The molecule has 0 aliphatic carbocycles. The van der Waals surface area contributed by atoms with E-state index in [0.717, 1.165) is 0 Å². The summed E-state index contributed by atoms with van der Waals surface area (Å²) in [5, 5.41) is 0. The van der Waals surface area contributed by atoms with Crippen molar-refractivity contribution in [1.29, 1.82) is 0 Å². The average molecular weight is 354 g/mol. The molecule has 8 heteroatoms. The summed E-state index contributed by atoms with van der Waals surface area (Å²) in [6.07, 6.45) is 0. The Hall–Kier alpha value is 1.34. The summed E-state index contributed by atoms with van der Waals surface area (Å²) in [7, 11) is 0.241. The first kappa shape index (κ1) is 10.3. The molecule has 0 bridgehead atoms. The first-order valence-electron chi connectivity index (χ1n) is 1.43. The van der Waals surface area contributed by atoms with E-state index in [1.54, 1.807) is 0 Å². The second-order valence-electron chi connectivity index (χ2n) is 0.992. The Kier molecular flexibility index (Phi) is 3.63. The molecule has 0 aromatic rings. The summed E-state index contributed by atoms with van der Waals surface area (Å²) >= 11 is 0.369. The fourth-order valence-corrected chi connectivity index (χ4v) is 2.22. The molecular formula is CHBrClFIO3S-. The summed E-state index contributed by atoms with van der Waals surface area (Å²) in [5.41, 5.74) is 0. The van der Waals surface area contributed by atoms with E-state index in [1.807, 2.05) is 0 Å². The molecule has 58 valence electrons. The summed E-state index contributed by atoms with van der Waals surface area (Å²) in [5.74, 6) is 0. The molecule has 0 radical (unpaired) electrons. The normalized spacial score (nSPS) is 19.6. The van der Waals surface area contributed by atoms with Crippen molar-refractivity contribution in [2.75, 3.05) is 0 Å². The second kappa shape index (κ2) is 3.16. The Bertz CT molecular complexity index is 190. The fraction of sp³-hybridized carbons (Fsp3) is 1.00. The molecule has 0 aromatic carbocycles. The molecule has 3 nitrogen and oxygen atoms in total. The van der Waals surface area contributed by atoms with Crippen LogP contribution in [0.15, 0.2) is 0 Å². The standard InChI is InChI=1S/CHBrClFIO3S/c2-1(4,5-3)9(6,7)8/h(H,6,7,8)/q-1. The van der Waals surface area contributed by atoms with Crippen molar-refractivity contribution in [2.45, 2.75) is 1.92 Å². The van der Waals surface area contributed by atoms with Crippen LogP contribution >= 0.6 is 24.8 Å². The van der Waals surface area contributed by atoms with Crippen LogP contribution < -0.4 is 20.1 Å². The number of hydrogen-bond acceptors (Lipinski definition) is 2. The van der Waals surface area contributed by atoms with Gasteiger partial charge in [-0.3, -0.25) is 0 Å². The van der Waals surface area contributed by atoms with Gasteiger partial charge in [0, 0.05) is 0 Å². The van der Waals surface area contributed by atoms with Crippen LogP contribution in [0.25, 0.3) is 0 Å². The predicted octanol–water partition coefficient (Wildman–Crippen LogP) is -1.91. The van der Waals surface area contributed by atoms with E-state index < -0.39 is 32.1 Å². The quantitative estimate of drug-likeness (QED) is 0.358. The predicted molar refractivity (Wildman–Crippen MR) is 30.2 cm³/mol. The van der Waals surface area contributed by atoms with Crippen LogP contribution in [0.4, 0.5) is 4.39 Å². The molecule has 1 atom stereocenters. The topological polar surface area (TPSA) is 54.4 Å². The van der Waals surface area contributed by atoms with Gasteiger partial charge in [0.25, 0.3) is 0 Å². The SMILES string of the molecule is O=S(=O)(O)C(F)(Br)[I-]Cl. The van der Waals surface area contributed by atoms with Gasteiger partial charge >= 0.3 is 74.3 Å². The van der Waals surface area contributed by atoms with Crippen molar-refractivity contribution < 1.29 is 37.4 Å². The Morgan fingerprint density at radius 3 is 2.11 bits per heavy atom. The van der Waals surface area contributed by atoms with Gasteiger partial charge in [-0.15, -0.1) is 0 Å². The molecule has 1 N–H and O–H groups in total. The van der Waals surface area contributed by atoms with Crippen molar-refractivity contribution in [3.05, 3.63) is 0 Å². The van der Waals surface area contributed by atoms with E-state index in [-0.39, 0.29) is 0 Å². The van der Waals surface area contributed by atoms with Crippen molar-refractivity contribution >= 4 is 35.0 Å². The third-order valence-corrected chi connectivity index (χ3v) is 8.90. The Balaban J connectivity index is 4.56. The zero-order chi connectivity index (χ0) is 7.71. The molecule has 1 unspecified atom stereocenters. The van der Waals surface area contributed by atoms with Gasteiger partial charge in [0.05, 0.1) is 0 Å². The van der Waals surface area contributed by atoms with Crippen molar-refractivity contribution in [3.63, 3.8) is 0 Å². The molecule has 0 aliphatic rings. The molecule has 0 aliphatic heterocycles. The van der Waals surface area contributed by atoms with Crippen LogP contribution in [0.5, 0.6) is 0 Å². The second-order valence-corrected chi connectivity index (χ2v) is 9.19. The first-order chi connectivity index (χ1) is 3.81. The van der Waals surface area contributed by atoms with Gasteiger partial charge in [0.2, 0.25) is 0 Å². The molecule has 0 fully saturated rings. The number of rotatable bonds is 2. The fourth-order valence-electron chi connectivity index (χ4n) is 0.0369. The van der Waals surface area contributed by atoms with Crippen LogP contribution in [0, 0.1) is 0 Å². The maximum atomic E-state index is 12.3. The van der Waals surface area contributed by atoms with Crippen LogP contribution in [-0.4, -0.2) is 14.9 Å². The van der Waals surface area contributed by atoms with Crippen LogP contribution in [0.1, 0.15) is 0 Å². The van der Waals surface area contributed by atoms with Gasteiger partial charge in [0.1, 0.15) is 0 Å². The van der Waals surface area contributed by atoms with E-state index in [9.17, 15) is 12.8 Å². The third-order valence-electron chi connectivity index (χ3n) is 0.376. The molecular weight excluding hydrogens is 353 g/mol. The summed E-state index contributed by atoms with van der Waals surface area (Å²) in [4.78, 5) is 0. The molecule has 0 aromatic heterocycles. The van der Waals surface area contributed by atoms with E-state index in [4.69, 9.17) is 13.5 Å². The number of alkyl halides is 3. The van der Waals surface area contributed by atoms with Gasteiger partial charge in [-0.05, 0) is 0 Å². The van der Waals surface area contributed by atoms with Gasteiger partial charge in [0.15, 0.2) is 0 Å². The maximum absolute atomic E-state index is 12.3. The van der Waals surface area contributed by atoms with Gasteiger partial charge < -0.3 is 0 Å². The van der Waals surface area contributed by atoms with Crippen molar-refractivity contribution in [2.24, 2.45) is 0 Å². The van der Waals surface area contributed by atoms with Gasteiger partial charge in [-0.2, -0.15) is 0 Å². The van der Waals surface area contributed by atoms with E-state index in [0.29, 0.717) is 0 Å². The van der Waals surface area contributed by atoms with E-state index in [1.165, 1.54) is 0 Å². The molecule has 0 rings (SSSR count). The Morgan fingerprint density at radius 2 is 2.11 bits per heavy atom. The molecule has 0 spiro atoms. The van der Waals surface area contributed by atoms with Crippen LogP contribution in [-0.2, 0) is 10.1 Å². The van der Waals surface area contributed by atoms with E-state index >= 15 is 0 Å². The van der Waals surface area contributed by atoms with Crippen molar-refractivity contribution in [1.82, 2.24) is 0 Å². The zero-order valence-electron chi connectivity index (χ0n) is 3.68. The first-order valence-corrected chi connectivity index (χ1v) is 7.47. The monoisotopic (exact) mass is 353 g/mol. The van der Waals surface area contributed by atoms with E-state index in [2.05, 4.69) is 15.9 Å². The zero-order valence-corrected chi connectivity index (χ0v) is 9.00.